The third kappa shape index (κ3) is 3.80. The van der Waals surface area contributed by atoms with E-state index in [0.717, 1.165) is 5.56 Å². The van der Waals surface area contributed by atoms with Crippen LogP contribution in [0.3, 0.4) is 0 Å². The van der Waals surface area contributed by atoms with Gasteiger partial charge in [-0.05, 0) is 36.8 Å². The van der Waals surface area contributed by atoms with Gasteiger partial charge in [0.05, 0.1) is 0 Å². The molecule has 0 spiro atoms. The molecule has 0 aliphatic rings. The van der Waals surface area contributed by atoms with E-state index in [2.05, 4.69) is 10.6 Å². The summed E-state index contributed by atoms with van der Waals surface area (Å²) in [5.74, 6) is -0.691. The number of amides is 2. The van der Waals surface area contributed by atoms with Crippen molar-refractivity contribution >= 4 is 22.8 Å². The van der Waals surface area contributed by atoms with E-state index in [1.807, 2.05) is 6.92 Å². The van der Waals surface area contributed by atoms with Crippen LogP contribution in [-0.2, 0) is 6.54 Å². The van der Waals surface area contributed by atoms with E-state index in [-0.39, 0.29) is 18.0 Å². The lowest BCUT2D eigenvalue weighted by Gasteiger charge is -2.07. The van der Waals surface area contributed by atoms with Crippen molar-refractivity contribution in [3.05, 3.63) is 81.7 Å². The van der Waals surface area contributed by atoms with Crippen LogP contribution in [0.5, 0.6) is 0 Å². The van der Waals surface area contributed by atoms with Gasteiger partial charge in [0, 0.05) is 24.0 Å². The number of carbonyl (C=O) groups excluding carboxylic acids is 2. The molecular formula is C20H18N2O4. The van der Waals surface area contributed by atoms with Crippen LogP contribution < -0.4 is 16.3 Å². The molecule has 6 heteroatoms. The van der Waals surface area contributed by atoms with Gasteiger partial charge in [-0.2, -0.15) is 0 Å². The highest BCUT2D eigenvalue weighted by molar-refractivity contribution is 5.96. The molecule has 0 radical (unpaired) electrons. The van der Waals surface area contributed by atoms with Crippen LogP contribution in [0.1, 0.15) is 33.2 Å². The van der Waals surface area contributed by atoms with Crippen molar-refractivity contribution in [1.82, 2.24) is 10.6 Å². The lowest BCUT2D eigenvalue weighted by atomic mass is 10.1. The Morgan fingerprint density at radius 3 is 2.58 bits per heavy atom. The Hall–Kier alpha value is -3.41. The van der Waals surface area contributed by atoms with Crippen molar-refractivity contribution in [1.29, 1.82) is 0 Å². The summed E-state index contributed by atoms with van der Waals surface area (Å²) in [5.41, 5.74) is 0.973. The maximum Gasteiger partial charge on any atom is 0.349 e. The standard InChI is InChI=1S/C20H18N2O4/c1-2-21-18(23)15-8-5-6-13(10-15)12-22-19(24)16-11-14-7-3-4-9-17(14)26-20(16)25/h3-11H,2,12H2,1H3,(H,21,23)(H,22,24). The molecule has 0 saturated carbocycles. The molecule has 132 valence electrons. The van der Waals surface area contributed by atoms with E-state index in [4.69, 9.17) is 4.42 Å². The average molecular weight is 350 g/mol. The minimum absolute atomic E-state index is 0.0522. The van der Waals surface area contributed by atoms with Crippen LogP contribution in [0.25, 0.3) is 11.0 Å². The lowest BCUT2D eigenvalue weighted by Crippen LogP contribution is -2.28. The van der Waals surface area contributed by atoms with E-state index in [1.54, 1.807) is 48.5 Å². The fraction of sp³-hybridized carbons (Fsp3) is 0.150. The van der Waals surface area contributed by atoms with Gasteiger partial charge in [-0.3, -0.25) is 9.59 Å². The predicted octanol–water partition coefficient (Wildman–Crippen LogP) is 2.47. The third-order valence-electron chi connectivity index (χ3n) is 3.87. The van der Waals surface area contributed by atoms with E-state index >= 15 is 0 Å². The fourth-order valence-corrected chi connectivity index (χ4v) is 2.58. The van der Waals surface area contributed by atoms with Crippen molar-refractivity contribution in [2.75, 3.05) is 6.54 Å². The second kappa shape index (κ2) is 7.65. The number of nitrogens with one attached hydrogen (secondary N) is 2. The number of hydrogen-bond donors (Lipinski definition) is 2. The first-order valence-corrected chi connectivity index (χ1v) is 8.26. The quantitative estimate of drug-likeness (QED) is 0.692. The normalized spacial score (nSPS) is 10.5. The van der Waals surface area contributed by atoms with Gasteiger partial charge in [-0.25, -0.2) is 4.79 Å². The largest absolute Gasteiger partial charge is 0.422 e. The molecule has 1 aromatic heterocycles. The van der Waals surface area contributed by atoms with Crippen molar-refractivity contribution in [2.24, 2.45) is 0 Å². The Balaban J connectivity index is 1.75. The maximum atomic E-state index is 12.4. The number of fused-ring (bicyclic) bond motifs is 1. The van der Waals surface area contributed by atoms with Crippen LogP contribution >= 0.6 is 0 Å². The first-order valence-electron chi connectivity index (χ1n) is 8.26. The molecule has 2 aromatic carbocycles. The SMILES string of the molecule is CCNC(=O)c1cccc(CNC(=O)c2cc3ccccc3oc2=O)c1. The average Bonchev–Trinajstić information content (AvgIpc) is 2.66. The molecule has 2 N–H and O–H groups in total. The molecule has 3 aromatic rings. The van der Waals surface area contributed by atoms with Crippen LogP contribution in [-0.4, -0.2) is 18.4 Å². The van der Waals surface area contributed by atoms with E-state index in [9.17, 15) is 14.4 Å². The molecule has 0 atom stereocenters. The monoisotopic (exact) mass is 350 g/mol. The second-order valence-electron chi connectivity index (χ2n) is 5.73. The first-order chi connectivity index (χ1) is 12.6. The zero-order valence-electron chi connectivity index (χ0n) is 14.2. The molecule has 0 bridgehead atoms. The highest BCUT2D eigenvalue weighted by Crippen LogP contribution is 2.12. The van der Waals surface area contributed by atoms with E-state index < -0.39 is 11.5 Å². The Labute approximate surface area is 149 Å². The second-order valence-corrected chi connectivity index (χ2v) is 5.73. The minimum atomic E-state index is -0.683. The van der Waals surface area contributed by atoms with Gasteiger partial charge in [0.1, 0.15) is 11.1 Å². The summed E-state index contributed by atoms with van der Waals surface area (Å²) in [6, 6.07) is 15.5. The highest BCUT2D eigenvalue weighted by Gasteiger charge is 2.13. The number of hydrogen-bond acceptors (Lipinski definition) is 4. The third-order valence-corrected chi connectivity index (χ3v) is 3.87. The fourth-order valence-electron chi connectivity index (χ4n) is 2.58. The number of benzene rings is 2. The minimum Gasteiger partial charge on any atom is -0.422 e. The number of carbonyl (C=O) groups is 2. The number of para-hydroxylation sites is 1. The Morgan fingerprint density at radius 1 is 0.962 bits per heavy atom. The van der Waals surface area contributed by atoms with E-state index in [1.165, 1.54) is 6.07 Å². The molecule has 2 amide bonds. The van der Waals surface area contributed by atoms with Crippen LogP contribution in [0.15, 0.2) is 63.8 Å². The zero-order chi connectivity index (χ0) is 18.5. The molecule has 1 heterocycles. The zero-order valence-corrected chi connectivity index (χ0v) is 14.2. The van der Waals surface area contributed by atoms with E-state index in [0.29, 0.717) is 23.1 Å². The lowest BCUT2D eigenvalue weighted by molar-refractivity contribution is 0.0944. The van der Waals surface area contributed by atoms with Crippen LogP contribution in [0.4, 0.5) is 0 Å². The molecule has 0 saturated heterocycles. The Bertz CT molecular complexity index is 1020. The molecule has 0 aliphatic heterocycles. The van der Waals surface area contributed by atoms with Crippen molar-refractivity contribution in [3.63, 3.8) is 0 Å². The Morgan fingerprint density at radius 2 is 1.77 bits per heavy atom. The van der Waals surface area contributed by atoms with Crippen LogP contribution in [0.2, 0.25) is 0 Å². The summed E-state index contributed by atoms with van der Waals surface area (Å²) in [7, 11) is 0. The van der Waals surface area contributed by atoms with Gasteiger partial charge in [0.25, 0.3) is 11.8 Å². The van der Waals surface area contributed by atoms with Crippen molar-refractivity contribution in [3.8, 4) is 0 Å². The summed E-state index contributed by atoms with van der Waals surface area (Å²) in [6.07, 6.45) is 0. The van der Waals surface area contributed by atoms with Crippen molar-refractivity contribution in [2.45, 2.75) is 13.5 Å². The predicted molar refractivity (Wildman–Crippen MR) is 98.1 cm³/mol. The van der Waals surface area contributed by atoms with Crippen molar-refractivity contribution < 1.29 is 14.0 Å². The van der Waals surface area contributed by atoms with Gasteiger partial charge in [0.2, 0.25) is 0 Å². The number of rotatable bonds is 5. The molecule has 3 rings (SSSR count). The topological polar surface area (TPSA) is 88.4 Å². The summed E-state index contributed by atoms with van der Waals surface area (Å²) in [5, 5.41) is 6.09. The summed E-state index contributed by atoms with van der Waals surface area (Å²) >= 11 is 0. The van der Waals surface area contributed by atoms with Gasteiger partial charge in [-0.1, -0.05) is 30.3 Å². The molecule has 0 aliphatic carbocycles. The van der Waals surface area contributed by atoms with Gasteiger partial charge < -0.3 is 15.1 Å². The summed E-state index contributed by atoms with van der Waals surface area (Å²) in [6.45, 7) is 2.58. The smallest absolute Gasteiger partial charge is 0.349 e. The molecule has 6 nitrogen and oxygen atoms in total. The molecule has 0 fully saturated rings. The van der Waals surface area contributed by atoms with Crippen LogP contribution in [0, 0.1) is 0 Å². The summed E-state index contributed by atoms with van der Waals surface area (Å²) in [4.78, 5) is 36.2. The Kier molecular flexibility index (Phi) is 5.12. The first kappa shape index (κ1) is 17.4. The summed E-state index contributed by atoms with van der Waals surface area (Å²) < 4.78 is 5.17. The molecule has 0 unspecified atom stereocenters. The van der Waals surface area contributed by atoms with Gasteiger partial charge >= 0.3 is 5.63 Å². The highest BCUT2D eigenvalue weighted by atomic mass is 16.4. The molecule has 26 heavy (non-hydrogen) atoms. The van der Waals surface area contributed by atoms with Gasteiger partial charge in [0.15, 0.2) is 0 Å². The molecular weight excluding hydrogens is 332 g/mol. The van der Waals surface area contributed by atoms with Gasteiger partial charge in [-0.15, -0.1) is 0 Å². The maximum absolute atomic E-state index is 12.4.